The zero-order valence-corrected chi connectivity index (χ0v) is 16.5. The molecular weight excluding hydrogens is 371 g/mol. The van der Waals surface area contributed by atoms with Crippen molar-refractivity contribution in [2.75, 3.05) is 11.4 Å². The molecule has 1 saturated heterocycles. The van der Waals surface area contributed by atoms with Crippen molar-refractivity contribution in [3.63, 3.8) is 0 Å². The van der Waals surface area contributed by atoms with Gasteiger partial charge in [-0.25, -0.2) is 13.9 Å². The van der Waals surface area contributed by atoms with Crippen LogP contribution in [0, 0.1) is 5.82 Å². The molecule has 0 spiro atoms. The number of rotatable bonds is 0. The number of anilines is 1. The van der Waals surface area contributed by atoms with Gasteiger partial charge < -0.3 is 10.2 Å². The largest absolute Gasteiger partial charge is 0.348 e. The monoisotopic (exact) mass is 394 g/mol. The minimum Gasteiger partial charge on any atom is -0.348 e. The lowest BCUT2D eigenvalue weighted by atomic mass is 9.96. The molecule has 0 radical (unpaired) electrons. The molecule has 0 aromatic carbocycles. The van der Waals surface area contributed by atoms with Crippen LogP contribution in [0.1, 0.15) is 60.9 Å². The minimum atomic E-state index is -0.485. The number of pyridine rings is 1. The first-order chi connectivity index (χ1) is 13.9. The number of hydrogen-bond donors (Lipinski definition) is 1. The Labute approximate surface area is 168 Å². The van der Waals surface area contributed by atoms with Crippen molar-refractivity contribution < 1.29 is 9.18 Å². The quantitative estimate of drug-likeness (QED) is 0.634. The second-order valence-electron chi connectivity index (χ2n) is 8.50. The highest BCUT2D eigenvalue weighted by Gasteiger charge is 2.31. The van der Waals surface area contributed by atoms with Gasteiger partial charge in [0, 0.05) is 24.0 Å². The highest BCUT2D eigenvalue weighted by molar-refractivity contribution is 6.00. The fraction of sp³-hybridized carbons (Fsp3) is 0.429. The number of nitrogens with zero attached hydrogens (tertiary/aromatic N) is 5. The second kappa shape index (κ2) is 6.50. The maximum absolute atomic E-state index is 14.4. The molecule has 0 aliphatic carbocycles. The molecule has 8 heteroatoms. The summed E-state index contributed by atoms with van der Waals surface area (Å²) in [6.45, 7) is 4.73. The van der Waals surface area contributed by atoms with Crippen molar-refractivity contribution in [2.45, 2.75) is 51.1 Å². The van der Waals surface area contributed by atoms with E-state index in [2.05, 4.69) is 15.3 Å². The zero-order valence-electron chi connectivity index (χ0n) is 16.5. The van der Waals surface area contributed by atoms with Crippen molar-refractivity contribution in [3.8, 4) is 0 Å². The lowest BCUT2D eigenvalue weighted by Crippen LogP contribution is -2.43. The molecule has 0 unspecified atom stereocenters. The number of hydrogen-bond acceptors (Lipinski definition) is 5. The van der Waals surface area contributed by atoms with Crippen LogP contribution in [0.5, 0.6) is 0 Å². The Morgan fingerprint density at radius 1 is 1.28 bits per heavy atom. The van der Waals surface area contributed by atoms with Crippen molar-refractivity contribution in [2.24, 2.45) is 0 Å². The first kappa shape index (κ1) is 18.0. The normalized spacial score (nSPS) is 21.1. The number of amides is 1. The summed E-state index contributed by atoms with van der Waals surface area (Å²) in [5, 5.41) is 7.35. The topological polar surface area (TPSA) is 75.4 Å². The van der Waals surface area contributed by atoms with Crippen molar-refractivity contribution in [3.05, 3.63) is 53.4 Å². The van der Waals surface area contributed by atoms with E-state index in [1.165, 1.54) is 12.1 Å². The Balaban J connectivity index is 1.68. The van der Waals surface area contributed by atoms with E-state index in [0.717, 1.165) is 30.9 Å². The molecule has 5 rings (SSSR count). The van der Waals surface area contributed by atoms with E-state index >= 15 is 0 Å². The third kappa shape index (κ3) is 3.22. The van der Waals surface area contributed by atoms with E-state index in [1.807, 2.05) is 26.1 Å². The summed E-state index contributed by atoms with van der Waals surface area (Å²) >= 11 is 0. The van der Waals surface area contributed by atoms with E-state index < -0.39 is 5.54 Å². The summed E-state index contributed by atoms with van der Waals surface area (Å²) < 4.78 is 16.0. The Hall–Kier alpha value is -3.03. The third-order valence-corrected chi connectivity index (χ3v) is 5.81. The van der Waals surface area contributed by atoms with Crippen LogP contribution in [0.25, 0.3) is 5.65 Å². The predicted molar refractivity (Wildman–Crippen MR) is 106 cm³/mol. The van der Waals surface area contributed by atoms with Gasteiger partial charge in [0.15, 0.2) is 5.65 Å². The molecule has 5 heterocycles. The summed E-state index contributed by atoms with van der Waals surface area (Å²) in [6, 6.07) is 4.88. The van der Waals surface area contributed by atoms with Gasteiger partial charge in [-0.15, -0.1) is 0 Å². The first-order valence-electron chi connectivity index (χ1n) is 9.99. The molecule has 1 atom stereocenters. The molecule has 0 saturated carbocycles. The van der Waals surface area contributed by atoms with Gasteiger partial charge >= 0.3 is 0 Å². The Bertz CT molecular complexity index is 1110. The van der Waals surface area contributed by atoms with Gasteiger partial charge in [-0.2, -0.15) is 5.10 Å². The van der Waals surface area contributed by atoms with Crippen molar-refractivity contribution >= 4 is 17.4 Å². The van der Waals surface area contributed by atoms with Gasteiger partial charge in [-0.1, -0.05) is 0 Å². The van der Waals surface area contributed by atoms with E-state index in [1.54, 1.807) is 10.7 Å². The number of aromatic nitrogens is 4. The number of fused-ring (bicyclic) bond motifs is 6. The molecule has 1 N–H and O–H groups in total. The summed E-state index contributed by atoms with van der Waals surface area (Å²) in [5.74, 6) is 0.267. The van der Waals surface area contributed by atoms with Crippen LogP contribution in [0.3, 0.4) is 0 Å². The standard InChI is InChI=1S/C21H23FN6O/c1-21(2)7-5-14-10-13(22)11-16(24-14)17-4-3-8-27(17)18-6-9-28-19(25-18)15(12-23-28)20(29)26-21/h6,9-12,17H,3-5,7-8H2,1-2H3,(H,26,29)/t17-/m1/s1. The maximum atomic E-state index is 14.4. The Kier molecular flexibility index (Phi) is 4.04. The van der Waals surface area contributed by atoms with Crippen LogP contribution in [0.4, 0.5) is 10.2 Å². The highest BCUT2D eigenvalue weighted by Crippen LogP contribution is 2.35. The summed E-state index contributed by atoms with van der Waals surface area (Å²) in [4.78, 5) is 24.6. The lowest BCUT2D eigenvalue weighted by Gasteiger charge is -2.28. The smallest absolute Gasteiger partial charge is 0.257 e. The van der Waals surface area contributed by atoms with Crippen LogP contribution < -0.4 is 10.2 Å². The second-order valence-corrected chi connectivity index (χ2v) is 8.50. The molecule has 3 aromatic rings. The summed E-state index contributed by atoms with van der Waals surface area (Å²) in [5.41, 5.74) is 1.94. The summed E-state index contributed by atoms with van der Waals surface area (Å²) in [7, 11) is 0. The van der Waals surface area contributed by atoms with Gasteiger partial charge in [-0.3, -0.25) is 9.78 Å². The van der Waals surface area contributed by atoms with Crippen LogP contribution in [0.15, 0.2) is 30.6 Å². The molecule has 2 aliphatic rings. The van der Waals surface area contributed by atoms with Crippen molar-refractivity contribution in [1.29, 1.82) is 0 Å². The molecule has 2 aliphatic heterocycles. The van der Waals surface area contributed by atoms with E-state index in [0.29, 0.717) is 29.7 Å². The van der Waals surface area contributed by atoms with Gasteiger partial charge in [0.05, 0.1) is 17.9 Å². The molecule has 3 aromatic heterocycles. The molecule has 7 nitrogen and oxygen atoms in total. The molecule has 4 bridgehead atoms. The molecule has 150 valence electrons. The fourth-order valence-electron chi connectivity index (χ4n) is 4.28. The number of aryl methyl sites for hydroxylation is 1. The van der Waals surface area contributed by atoms with Gasteiger partial charge in [0.1, 0.15) is 17.2 Å². The summed E-state index contributed by atoms with van der Waals surface area (Å²) in [6.07, 6.45) is 6.46. The number of carbonyl (C=O) groups excluding carboxylic acids is 1. The van der Waals surface area contributed by atoms with Crippen LogP contribution in [0.2, 0.25) is 0 Å². The van der Waals surface area contributed by atoms with Gasteiger partial charge in [-0.05, 0) is 57.7 Å². The van der Waals surface area contributed by atoms with Crippen molar-refractivity contribution in [1.82, 2.24) is 24.9 Å². The number of carbonyl (C=O) groups is 1. The third-order valence-electron chi connectivity index (χ3n) is 5.81. The molecule has 1 fully saturated rings. The average Bonchev–Trinajstić information content (AvgIpc) is 3.31. The fourth-order valence-corrected chi connectivity index (χ4v) is 4.28. The van der Waals surface area contributed by atoms with E-state index in [9.17, 15) is 9.18 Å². The number of nitrogens with one attached hydrogen (secondary N) is 1. The van der Waals surface area contributed by atoms with Crippen LogP contribution >= 0.6 is 0 Å². The highest BCUT2D eigenvalue weighted by atomic mass is 19.1. The van der Waals surface area contributed by atoms with Crippen LogP contribution in [-0.4, -0.2) is 37.6 Å². The van der Waals surface area contributed by atoms with Gasteiger partial charge in [0.25, 0.3) is 5.91 Å². The predicted octanol–water partition coefficient (Wildman–Crippen LogP) is 3.06. The van der Waals surface area contributed by atoms with Crippen LogP contribution in [-0.2, 0) is 6.42 Å². The molecule has 1 amide bonds. The number of halogens is 1. The first-order valence-corrected chi connectivity index (χ1v) is 9.99. The maximum Gasteiger partial charge on any atom is 0.257 e. The molecule has 29 heavy (non-hydrogen) atoms. The zero-order chi connectivity index (χ0) is 20.2. The SMILES string of the molecule is CC1(C)CCc2cc(F)cc(n2)[C@H]2CCCN2c2ccn3ncc(c3n2)C(=O)N1. The Morgan fingerprint density at radius 3 is 3.00 bits per heavy atom. The minimum absolute atomic E-state index is 0.0319. The van der Waals surface area contributed by atoms with Gasteiger partial charge in [0.2, 0.25) is 0 Å². The Morgan fingerprint density at radius 2 is 2.14 bits per heavy atom. The lowest BCUT2D eigenvalue weighted by molar-refractivity contribution is 0.0910. The average molecular weight is 394 g/mol. The molecular formula is C21H23FN6O. The van der Waals surface area contributed by atoms with E-state index in [-0.39, 0.29) is 17.8 Å². The van der Waals surface area contributed by atoms with E-state index in [4.69, 9.17) is 9.97 Å².